The smallest absolute Gasteiger partial charge is 0.182 e. The first-order chi connectivity index (χ1) is 7.18. The van der Waals surface area contributed by atoms with Crippen LogP contribution in [0.4, 0.5) is 0 Å². The van der Waals surface area contributed by atoms with Gasteiger partial charge in [0.05, 0.1) is 0 Å². The predicted octanol–water partition coefficient (Wildman–Crippen LogP) is 2.57. The number of nitrogens with zero attached hydrogens (tertiary/aromatic N) is 4. The summed E-state index contributed by atoms with van der Waals surface area (Å²) in [6, 6.07) is 5.76. The van der Waals surface area contributed by atoms with E-state index >= 15 is 0 Å². The maximum atomic E-state index is 5.83. The van der Waals surface area contributed by atoms with Crippen LogP contribution in [0.3, 0.4) is 0 Å². The minimum atomic E-state index is 0.302. The van der Waals surface area contributed by atoms with Crippen molar-refractivity contribution in [3.63, 3.8) is 0 Å². The Labute approximate surface area is 92.9 Å². The van der Waals surface area contributed by atoms with Gasteiger partial charge in [0.1, 0.15) is 17.2 Å². The van der Waals surface area contributed by atoms with E-state index in [-0.39, 0.29) is 0 Å². The number of rotatable bonds is 2. The van der Waals surface area contributed by atoms with Crippen LogP contribution in [0, 0.1) is 0 Å². The van der Waals surface area contributed by atoms with E-state index in [1.807, 2.05) is 16.7 Å². The summed E-state index contributed by atoms with van der Waals surface area (Å²) in [5, 5.41) is 8.38. The van der Waals surface area contributed by atoms with Gasteiger partial charge in [-0.15, -0.1) is 10.2 Å². The lowest BCUT2D eigenvalue weighted by molar-refractivity contribution is 0.603. The molecule has 0 aromatic carbocycles. The van der Waals surface area contributed by atoms with Gasteiger partial charge >= 0.3 is 0 Å². The van der Waals surface area contributed by atoms with Crippen molar-refractivity contribution in [2.24, 2.45) is 0 Å². The highest BCUT2D eigenvalue weighted by Gasteiger charge is 2.10. The minimum Gasteiger partial charge on any atom is -0.310 e. The van der Waals surface area contributed by atoms with Crippen molar-refractivity contribution >= 4 is 11.6 Å². The molecule has 2 rings (SSSR count). The maximum Gasteiger partial charge on any atom is 0.182 e. The molecule has 0 N–H and O–H groups in total. The average Bonchev–Trinajstić information content (AvgIpc) is 2.65. The van der Waals surface area contributed by atoms with Crippen molar-refractivity contribution < 1.29 is 0 Å². The Morgan fingerprint density at radius 1 is 1.33 bits per heavy atom. The van der Waals surface area contributed by atoms with E-state index in [2.05, 4.69) is 29.0 Å². The second kappa shape index (κ2) is 3.98. The molecule has 0 saturated heterocycles. The Morgan fingerprint density at radius 3 is 2.80 bits per heavy atom. The van der Waals surface area contributed by atoms with Gasteiger partial charge < -0.3 is 4.57 Å². The molecule has 2 aromatic heterocycles. The molecule has 0 fully saturated rings. The number of hydrogen-bond donors (Lipinski definition) is 0. The van der Waals surface area contributed by atoms with E-state index < -0.39 is 0 Å². The van der Waals surface area contributed by atoms with Crippen molar-refractivity contribution in [2.75, 3.05) is 0 Å². The zero-order chi connectivity index (χ0) is 10.8. The molecule has 0 aliphatic heterocycles. The molecule has 0 aliphatic rings. The highest BCUT2D eigenvalue weighted by Crippen LogP contribution is 2.19. The van der Waals surface area contributed by atoms with Crippen LogP contribution in [0.5, 0.6) is 0 Å². The van der Waals surface area contributed by atoms with E-state index in [1.54, 1.807) is 12.4 Å². The van der Waals surface area contributed by atoms with Gasteiger partial charge in [-0.3, -0.25) is 0 Å². The fourth-order valence-electron chi connectivity index (χ4n) is 1.34. The van der Waals surface area contributed by atoms with Gasteiger partial charge in [0.25, 0.3) is 0 Å². The Hall–Kier alpha value is -1.42. The van der Waals surface area contributed by atoms with E-state index in [0.717, 1.165) is 11.5 Å². The van der Waals surface area contributed by atoms with Gasteiger partial charge in [0.15, 0.2) is 5.82 Å². The number of aromatic nitrogens is 4. The molecule has 0 radical (unpaired) electrons. The van der Waals surface area contributed by atoms with Crippen LogP contribution in [0.15, 0.2) is 24.5 Å². The third kappa shape index (κ3) is 1.99. The molecule has 0 amide bonds. The SMILES string of the molecule is CC(C)n1cnnc1-c1cccc(Cl)n1. The van der Waals surface area contributed by atoms with Crippen LogP contribution < -0.4 is 0 Å². The lowest BCUT2D eigenvalue weighted by Gasteiger charge is -2.09. The van der Waals surface area contributed by atoms with Crippen LogP contribution in [0.25, 0.3) is 11.5 Å². The highest BCUT2D eigenvalue weighted by atomic mass is 35.5. The maximum absolute atomic E-state index is 5.83. The minimum absolute atomic E-state index is 0.302. The molecule has 4 nitrogen and oxygen atoms in total. The first-order valence-corrected chi connectivity index (χ1v) is 5.08. The van der Waals surface area contributed by atoms with Crippen LogP contribution in [0.1, 0.15) is 19.9 Å². The third-order valence-electron chi connectivity index (χ3n) is 2.07. The van der Waals surface area contributed by atoms with Gasteiger partial charge in [-0.05, 0) is 26.0 Å². The van der Waals surface area contributed by atoms with Gasteiger partial charge in [-0.2, -0.15) is 0 Å². The second-order valence-corrected chi connectivity index (χ2v) is 3.89. The summed E-state index contributed by atoms with van der Waals surface area (Å²) in [7, 11) is 0. The summed E-state index contributed by atoms with van der Waals surface area (Å²) in [5.74, 6) is 0.743. The molecular formula is C10H11ClN4. The first kappa shape index (κ1) is 10.1. The van der Waals surface area contributed by atoms with Crippen molar-refractivity contribution in [2.45, 2.75) is 19.9 Å². The second-order valence-electron chi connectivity index (χ2n) is 3.50. The fourth-order valence-corrected chi connectivity index (χ4v) is 1.50. The van der Waals surface area contributed by atoms with E-state index in [9.17, 15) is 0 Å². The standard InChI is InChI=1S/C10H11ClN4/c1-7(2)15-6-12-14-10(15)8-4-3-5-9(11)13-8/h3-7H,1-2H3. The number of pyridine rings is 1. The number of hydrogen-bond acceptors (Lipinski definition) is 3. The molecule has 15 heavy (non-hydrogen) atoms. The van der Waals surface area contributed by atoms with E-state index in [4.69, 9.17) is 11.6 Å². The zero-order valence-electron chi connectivity index (χ0n) is 8.55. The van der Waals surface area contributed by atoms with Gasteiger partial charge in [0, 0.05) is 6.04 Å². The monoisotopic (exact) mass is 222 g/mol. The molecule has 0 atom stereocenters. The van der Waals surface area contributed by atoms with Gasteiger partial charge in [-0.25, -0.2) is 4.98 Å². The molecule has 0 aliphatic carbocycles. The molecule has 2 heterocycles. The Balaban J connectivity index is 2.49. The molecular weight excluding hydrogens is 212 g/mol. The third-order valence-corrected chi connectivity index (χ3v) is 2.28. The van der Waals surface area contributed by atoms with Crippen LogP contribution >= 0.6 is 11.6 Å². The largest absolute Gasteiger partial charge is 0.310 e. The molecule has 0 spiro atoms. The van der Waals surface area contributed by atoms with E-state index in [0.29, 0.717) is 11.2 Å². The predicted molar refractivity (Wildman–Crippen MR) is 58.6 cm³/mol. The molecule has 0 unspecified atom stereocenters. The van der Waals surface area contributed by atoms with Crippen molar-refractivity contribution in [3.05, 3.63) is 29.7 Å². The molecule has 0 saturated carbocycles. The Kier molecular flexibility index (Phi) is 2.68. The van der Waals surface area contributed by atoms with Gasteiger partial charge in [0.2, 0.25) is 0 Å². The van der Waals surface area contributed by atoms with Crippen LogP contribution in [-0.4, -0.2) is 19.7 Å². The molecule has 2 aromatic rings. The Bertz CT molecular complexity index is 464. The normalized spacial score (nSPS) is 10.9. The summed E-state index contributed by atoms with van der Waals surface area (Å²) >= 11 is 5.83. The molecule has 0 bridgehead atoms. The first-order valence-electron chi connectivity index (χ1n) is 4.71. The summed E-state index contributed by atoms with van der Waals surface area (Å²) in [4.78, 5) is 4.20. The summed E-state index contributed by atoms with van der Waals surface area (Å²) in [5.41, 5.74) is 0.744. The Morgan fingerprint density at radius 2 is 2.13 bits per heavy atom. The number of halogens is 1. The topological polar surface area (TPSA) is 43.6 Å². The summed E-state index contributed by atoms with van der Waals surface area (Å²) in [6.45, 7) is 4.13. The molecule has 5 heteroatoms. The lowest BCUT2D eigenvalue weighted by Crippen LogP contribution is -2.02. The summed E-state index contributed by atoms with van der Waals surface area (Å²) < 4.78 is 1.96. The zero-order valence-corrected chi connectivity index (χ0v) is 9.31. The van der Waals surface area contributed by atoms with Crippen LogP contribution in [-0.2, 0) is 0 Å². The quantitative estimate of drug-likeness (QED) is 0.734. The van der Waals surface area contributed by atoms with Crippen molar-refractivity contribution in [1.29, 1.82) is 0 Å². The van der Waals surface area contributed by atoms with Gasteiger partial charge in [-0.1, -0.05) is 17.7 Å². The van der Waals surface area contributed by atoms with E-state index in [1.165, 1.54) is 0 Å². The fraction of sp³-hybridized carbons (Fsp3) is 0.300. The average molecular weight is 223 g/mol. The highest BCUT2D eigenvalue weighted by molar-refractivity contribution is 6.29. The van der Waals surface area contributed by atoms with Crippen molar-refractivity contribution in [3.8, 4) is 11.5 Å². The molecule has 78 valence electrons. The summed E-state index contributed by atoms with van der Waals surface area (Å²) in [6.07, 6.45) is 1.70. The lowest BCUT2D eigenvalue weighted by atomic mass is 10.3. The van der Waals surface area contributed by atoms with Crippen LogP contribution in [0.2, 0.25) is 5.15 Å². The van der Waals surface area contributed by atoms with Crippen molar-refractivity contribution in [1.82, 2.24) is 19.7 Å².